The first-order valence-electron chi connectivity index (χ1n) is 22.0. The second-order valence-electron chi connectivity index (χ2n) is 19.3. The first kappa shape index (κ1) is 53.1. The minimum Gasteiger partial charge on any atom is -0.459 e. The molecule has 0 aromatic heterocycles. The van der Waals surface area contributed by atoms with Crippen molar-refractivity contribution in [3.8, 4) is 0 Å². The highest BCUT2D eigenvalue weighted by Crippen LogP contribution is 2.41. The highest BCUT2D eigenvalue weighted by atomic mass is 16.8. The highest BCUT2D eigenvalue weighted by Gasteiger charge is 2.55. The van der Waals surface area contributed by atoms with Crippen LogP contribution in [0.15, 0.2) is 0 Å². The standard InChI is InChI=1S/C43H77NO18/c1-14-27-43(10,54)35(50)21(4)29(46)19(2)16-41(8,53)37(22(5)33(23(6)38(52)59-27)60-28-17-42(9,55-13)36(51)24(7)57-28)62-40-34(25(44(11)12)15-20(3)56-40)61-39-32(49)31(48)30(47)26(18-45)58-39/h19-28,30-37,39-40,45,47-51,53-54H,14-18H2,1-13H3. The van der Waals surface area contributed by atoms with Gasteiger partial charge in [-0.05, 0) is 74.9 Å². The molecule has 0 spiro atoms. The van der Waals surface area contributed by atoms with E-state index in [0.717, 1.165) is 0 Å². The van der Waals surface area contributed by atoms with E-state index in [2.05, 4.69) is 0 Å². The molecule has 4 aliphatic heterocycles. The second kappa shape index (κ2) is 21.0. The largest absolute Gasteiger partial charge is 0.459 e. The van der Waals surface area contributed by atoms with Crippen LogP contribution in [0.5, 0.6) is 0 Å². The van der Waals surface area contributed by atoms with E-state index in [9.17, 15) is 50.4 Å². The second-order valence-corrected chi connectivity index (χ2v) is 19.3. The molecule has 0 aliphatic carbocycles. The Morgan fingerprint density at radius 2 is 1.40 bits per heavy atom. The van der Waals surface area contributed by atoms with Crippen molar-refractivity contribution in [3.63, 3.8) is 0 Å². The predicted octanol–water partition coefficient (Wildman–Crippen LogP) is -0.390. The Labute approximate surface area is 365 Å². The molecule has 0 bridgehead atoms. The lowest BCUT2D eigenvalue weighted by Crippen LogP contribution is -2.64. The van der Waals surface area contributed by atoms with Crippen LogP contribution in [-0.2, 0) is 47.5 Å². The van der Waals surface area contributed by atoms with Crippen molar-refractivity contribution >= 4 is 11.8 Å². The first-order chi connectivity index (χ1) is 28.7. The van der Waals surface area contributed by atoms with Gasteiger partial charge in [0.15, 0.2) is 18.9 Å². The van der Waals surface area contributed by atoms with Crippen LogP contribution in [-0.4, -0.2) is 200 Å². The lowest BCUT2D eigenvalue weighted by atomic mass is 9.74. The zero-order valence-corrected chi connectivity index (χ0v) is 38.7. The van der Waals surface area contributed by atoms with Gasteiger partial charge >= 0.3 is 5.97 Å². The molecule has 23 atom stereocenters. The number of hydrogen-bond donors (Lipinski definition) is 8. The summed E-state index contributed by atoms with van der Waals surface area (Å²) in [6.45, 7) is 15.2. The number of methoxy groups -OCH3 is 1. The van der Waals surface area contributed by atoms with E-state index in [1.54, 1.807) is 55.6 Å². The quantitative estimate of drug-likeness (QED) is 0.130. The monoisotopic (exact) mass is 896 g/mol. The fourth-order valence-corrected chi connectivity index (χ4v) is 9.88. The van der Waals surface area contributed by atoms with Crippen molar-refractivity contribution < 1.29 is 88.3 Å². The van der Waals surface area contributed by atoms with Crippen molar-refractivity contribution in [2.75, 3.05) is 27.8 Å². The number of nitrogens with zero attached hydrogens (tertiary/aromatic N) is 1. The van der Waals surface area contributed by atoms with Crippen molar-refractivity contribution in [1.82, 2.24) is 4.90 Å². The lowest BCUT2D eigenvalue weighted by Gasteiger charge is -2.50. The summed E-state index contributed by atoms with van der Waals surface area (Å²) in [5.74, 6) is -5.57. The molecule has 62 heavy (non-hydrogen) atoms. The highest BCUT2D eigenvalue weighted by molar-refractivity contribution is 5.83. The van der Waals surface area contributed by atoms with Crippen LogP contribution >= 0.6 is 0 Å². The number of likely N-dealkylation sites (N-methyl/N-ethyl adjacent to an activating group) is 1. The number of esters is 1. The van der Waals surface area contributed by atoms with Crippen LogP contribution in [0.2, 0.25) is 0 Å². The summed E-state index contributed by atoms with van der Waals surface area (Å²) in [5.41, 5.74) is -5.15. The molecule has 4 fully saturated rings. The SMILES string of the molecule is CCC1OC(=O)C(C)C(OC2CC(C)(OC)C(O)C(C)O2)C(C)C(OC2OC(C)CC(N(C)C)C2OC2OC(CO)C(O)C(O)C2O)C(C)(O)CC(C)C(=O)C(C)C(O)C1(C)O. The maximum Gasteiger partial charge on any atom is 0.311 e. The Hall–Kier alpha value is -1.50. The first-order valence-corrected chi connectivity index (χ1v) is 22.0. The van der Waals surface area contributed by atoms with Crippen LogP contribution in [0.1, 0.15) is 94.9 Å². The minimum atomic E-state index is -2.06. The number of ether oxygens (including phenoxy) is 8. The van der Waals surface area contributed by atoms with E-state index < -0.39 is 157 Å². The molecule has 4 aliphatic rings. The molecule has 0 aromatic rings. The van der Waals surface area contributed by atoms with Gasteiger partial charge in [-0.1, -0.05) is 27.7 Å². The third-order valence-corrected chi connectivity index (χ3v) is 13.9. The van der Waals surface area contributed by atoms with Gasteiger partial charge in [-0.25, -0.2) is 0 Å². The Bertz CT molecular complexity index is 1470. The van der Waals surface area contributed by atoms with E-state index in [-0.39, 0.29) is 19.3 Å². The van der Waals surface area contributed by atoms with Gasteiger partial charge < -0.3 is 83.6 Å². The Kier molecular flexibility index (Phi) is 18.0. The van der Waals surface area contributed by atoms with Gasteiger partial charge in [-0.3, -0.25) is 9.59 Å². The molecule has 0 radical (unpaired) electrons. The molecule has 4 heterocycles. The number of hydrogen-bond acceptors (Lipinski definition) is 19. The van der Waals surface area contributed by atoms with Crippen molar-refractivity contribution in [1.29, 1.82) is 0 Å². The maximum atomic E-state index is 14.4. The number of cyclic esters (lactones) is 1. The van der Waals surface area contributed by atoms with Gasteiger partial charge in [0.05, 0.1) is 54.2 Å². The average Bonchev–Trinajstić information content (AvgIpc) is 3.21. The summed E-state index contributed by atoms with van der Waals surface area (Å²) >= 11 is 0. The van der Waals surface area contributed by atoms with Gasteiger partial charge in [0.25, 0.3) is 0 Å². The molecule has 4 rings (SSSR count). The van der Waals surface area contributed by atoms with Gasteiger partial charge in [-0.2, -0.15) is 0 Å². The Balaban J connectivity index is 1.88. The van der Waals surface area contributed by atoms with Crippen LogP contribution in [0, 0.1) is 23.7 Å². The van der Waals surface area contributed by atoms with E-state index in [0.29, 0.717) is 6.42 Å². The number of Topliss-reactive ketones (excluding diaryl/α,β-unsaturated/α-hetero) is 1. The molecule has 19 nitrogen and oxygen atoms in total. The smallest absolute Gasteiger partial charge is 0.311 e. The lowest BCUT2D eigenvalue weighted by molar-refractivity contribution is -0.362. The van der Waals surface area contributed by atoms with E-state index in [1.165, 1.54) is 27.9 Å². The summed E-state index contributed by atoms with van der Waals surface area (Å²) in [4.78, 5) is 30.3. The Morgan fingerprint density at radius 3 is 1.97 bits per heavy atom. The fourth-order valence-electron chi connectivity index (χ4n) is 9.88. The number of aliphatic hydroxyl groups excluding tert-OH is 6. The fraction of sp³-hybridized carbons (Fsp3) is 0.953. The normalized spacial score (nSPS) is 50.5. The summed E-state index contributed by atoms with van der Waals surface area (Å²) in [6, 6.07) is -0.507. The minimum absolute atomic E-state index is 0.0204. The van der Waals surface area contributed by atoms with Gasteiger partial charge in [0, 0.05) is 37.3 Å². The average molecular weight is 896 g/mol. The molecule has 23 unspecified atom stereocenters. The third kappa shape index (κ3) is 11.2. The number of ketones is 1. The molecule has 362 valence electrons. The zero-order chi connectivity index (χ0) is 47.0. The molecular formula is C43H77NO18. The van der Waals surface area contributed by atoms with Gasteiger partial charge in [0.1, 0.15) is 54.1 Å². The molecule has 8 N–H and O–H groups in total. The maximum absolute atomic E-state index is 14.4. The number of carbonyl (C=O) groups is 2. The molecular weight excluding hydrogens is 818 g/mol. The van der Waals surface area contributed by atoms with Crippen LogP contribution < -0.4 is 0 Å². The summed E-state index contributed by atoms with van der Waals surface area (Å²) in [5, 5.41) is 89.1. The topological polar surface area (TPSA) is 273 Å². The Morgan fingerprint density at radius 1 is 0.774 bits per heavy atom. The summed E-state index contributed by atoms with van der Waals surface area (Å²) in [7, 11) is 5.04. The van der Waals surface area contributed by atoms with Gasteiger partial charge in [-0.15, -0.1) is 0 Å². The van der Waals surface area contributed by atoms with Crippen LogP contribution in [0.25, 0.3) is 0 Å². The van der Waals surface area contributed by atoms with Crippen molar-refractivity contribution in [2.24, 2.45) is 23.7 Å². The van der Waals surface area contributed by atoms with Crippen molar-refractivity contribution in [3.05, 3.63) is 0 Å². The molecule has 19 heteroatoms. The van der Waals surface area contributed by atoms with E-state index >= 15 is 0 Å². The summed E-state index contributed by atoms with van der Waals surface area (Å²) in [6.07, 6.45) is -19.2. The molecule has 0 aromatic carbocycles. The predicted molar refractivity (Wildman–Crippen MR) is 219 cm³/mol. The summed E-state index contributed by atoms with van der Waals surface area (Å²) < 4.78 is 50.0. The van der Waals surface area contributed by atoms with E-state index in [4.69, 9.17) is 37.9 Å². The number of rotatable bonds is 10. The van der Waals surface area contributed by atoms with Crippen molar-refractivity contribution in [2.45, 2.75) is 210 Å². The number of carbonyl (C=O) groups excluding carboxylic acids is 2. The third-order valence-electron chi connectivity index (χ3n) is 13.9. The van der Waals surface area contributed by atoms with E-state index in [1.807, 2.05) is 11.8 Å². The van der Waals surface area contributed by atoms with Crippen LogP contribution in [0.3, 0.4) is 0 Å². The molecule has 0 amide bonds. The van der Waals surface area contributed by atoms with Gasteiger partial charge in [0.2, 0.25) is 0 Å². The number of aliphatic hydroxyl groups is 8. The molecule has 4 saturated heterocycles. The molecule has 0 saturated carbocycles. The zero-order valence-electron chi connectivity index (χ0n) is 38.7. The van der Waals surface area contributed by atoms with Crippen LogP contribution in [0.4, 0.5) is 0 Å².